The summed E-state index contributed by atoms with van der Waals surface area (Å²) in [4.78, 5) is 12.4. The van der Waals surface area contributed by atoms with Gasteiger partial charge in [-0.1, -0.05) is 0 Å². The Kier molecular flexibility index (Phi) is 6.73. The second-order valence-corrected chi connectivity index (χ2v) is 8.05. The van der Waals surface area contributed by atoms with E-state index in [0.717, 1.165) is 5.56 Å². The van der Waals surface area contributed by atoms with Gasteiger partial charge >= 0.3 is 137 Å². The minimum atomic E-state index is -0.305. The molecule has 0 atom stereocenters. The third-order valence-corrected chi connectivity index (χ3v) is 6.44. The van der Waals surface area contributed by atoms with Gasteiger partial charge < -0.3 is 0 Å². The number of unbranched alkanes of at least 4 members (excludes halogenated alkanes) is 1. The molecule has 0 radical (unpaired) electrons. The zero-order chi connectivity index (χ0) is 14.9. The van der Waals surface area contributed by atoms with E-state index < -0.39 is 0 Å². The fraction of sp³-hybridized carbons (Fsp3) is 0.211. The summed E-state index contributed by atoms with van der Waals surface area (Å²) in [7, 11) is 0. The zero-order valence-corrected chi connectivity index (χ0v) is 14.6. The summed E-state index contributed by atoms with van der Waals surface area (Å²) in [6, 6.07) is 19.9. The number of hydrogen-bond acceptors (Lipinski definition) is 1. The van der Waals surface area contributed by atoms with Crippen LogP contribution in [0.15, 0.2) is 66.7 Å². The molecule has 108 valence electrons. The molecule has 0 spiro atoms. The van der Waals surface area contributed by atoms with Crippen LogP contribution in [0.3, 0.4) is 0 Å². The maximum atomic E-state index is 12.4. The van der Waals surface area contributed by atoms with Crippen molar-refractivity contribution in [1.82, 2.24) is 0 Å². The van der Waals surface area contributed by atoms with Crippen molar-refractivity contribution in [3.8, 4) is 0 Å². The maximum absolute atomic E-state index is 12.4. The molecule has 0 saturated heterocycles. The third kappa shape index (κ3) is 5.16. The molecule has 0 saturated carbocycles. The van der Waals surface area contributed by atoms with Gasteiger partial charge in [0.1, 0.15) is 0 Å². The molecule has 0 amide bonds. The summed E-state index contributed by atoms with van der Waals surface area (Å²) in [6.45, 7) is 2.22. The van der Waals surface area contributed by atoms with Gasteiger partial charge in [0.2, 0.25) is 0 Å². The summed E-state index contributed by atoms with van der Waals surface area (Å²) in [5, 5.41) is 0. The second-order valence-electron chi connectivity index (χ2n) is 4.81. The standard InChI is InChI=1S/C19H20OTe/c1-2-3-14-21-19(17-12-8-5-9-13-17)15-18(20)16-10-6-4-7-11-16/h4-13,15H,2-3,14H2,1H3/b19-15-. The predicted molar refractivity (Wildman–Crippen MR) is 90.7 cm³/mol. The molecule has 0 aromatic heterocycles. The van der Waals surface area contributed by atoms with E-state index >= 15 is 0 Å². The van der Waals surface area contributed by atoms with E-state index in [2.05, 4.69) is 19.1 Å². The van der Waals surface area contributed by atoms with Crippen molar-refractivity contribution in [1.29, 1.82) is 0 Å². The summed E-state index contributed by atoms with van der Waals surface area (Å²) in [5.41, 5.74) is 1.98. The molecule has 0 bridgehead atoms. The summed E-state index contributed by atoms with van der Waals surface area (Å²) >= 11 is -0.305. The number of benzene rings is 2. The molecule has 2 aromatic carbocycles. The minimum absolute atomic E-state index is 0.121. The molecular formula is C19H20OTe. The molecule has 0 fully saturated rings. The number of ketones is 1. The Morgan fingerprint density at radius 2 is 1.52 bits per heavy atom. The molecule has 0 heterocycles. The number of hydrogen-bond donors (Lipinski definition) is 0. The number of rotatable bonds is 7. The Balaban J connectivity index is 2.22. The van der Waals surface area contributed by atoms with Gasteiger partial charge in [0.05, 0.1) is 0 Å². The van der Waals surface area contributed by atoms with E-state index in [4.69, 9.17) is 0 Å². The van der Waals surface area contributed by atoms with Gasteiger partial charge in [0.15, 0.2) is 0 Å². The van der Waals surface area contributed by atoms with Gasteiger partial charge in [0.25, 0.3) is 0 Å². The Morgan fingerprint density at radius 1 is 0.952 bits per heavy atom. The molecule has 0 aliphatic carbocycles. The van der Waals surface area contributed by atoms with E-state index in [1.807, 2.05) is 54.6 Å². The van der Waals surface area contributed by atoms with E-state index in [0.29, 0.717) is 0 Å². The van der Waals surface area contributed by atoms with Crippen LogP contribution in [0.2, 0.25) is 4.47 Å². The summed E-state index contributed by atoms with van der Waals surface area (Å²) < 4.78 is 2.52. The summed E-state index contributed by atoms with van der Waals surface area (Å²) in [5.74, 6) is 0.121. The molecule has 0 unspecified atom stereocenters. The third-order valence-electron chi connectivity index (χ3n) is 3.13. The monoisotopic (exact) mass is 394 g/mol. The van der Waals surface area contributed by atoms with Crippen LogP contribution in [0, 0.1) is 0 Å². The zero-order valence-electron chi connectivity index (χ0n) is 12.3. The molecule has 21 heavy (non-hydrogen) atoms. The van der Waals surface area contributed by atoms with Crippen LogP contribution in [0.5, 0.6) is 0 Å². The van der Waals surface area contributed by atoms with E-state index in [9.17, 15) is 4.79 Å². The number of allylic oxidation sites excluding steroid dienone is 1. The average molecular weight is 392 g/mol. The predicted octanol–water partition coefficient (Wildman–Crippen LogP) is 4.83. The first-order valence-corrected chi connectivity index (χ1v) is 10.1. The van der Waals surface area contributed by atoms with Gasteiger partial charge in [-0.25, -0.2) is 0 Å². The van der Waals surface area contributed by atoms with Crippen LogP contribution in [0.25, 0.3) is 3.62 Å². The van der Waals surface area contributed by atoms with Crippen LogP contribution in [0.1, 0.15) is 35.7 Å². The normalized spacial score (nSPS) is 11.4. The fourth-order valence-electron chi connectivity index (χ4n) is 1.94. The van der Waals surface area contributed by atoms with Gasteiger partial charge in [-0.05, 0) is 0 Å². The topological polar surface area (TPSA) is 17.1 Å². The average Bonchev–Trinajstić information content (AvgIpc) is 2.55. The SMILES string of the molecule is CCCC[Te]/C(=C\C(=O)c1ccccc1)c1ccccc1. The molecule has 1 nitrogen and oxygen atoms in total. The fourth-order valence-corrected chi connectivity index (χ4v) is 5.21. The number of carbonyl (C=O) groups is 1. The van der Waals surface area contributed by atoms with Crippen molar-refractivity contribution in [3.63, 3.8) is 0 Å². The van der Waals surface area contributed by atoms with Crippen molar-refractivity contribution in [2.75, 3.05) is 0 Å². The van der Waals surface area contributed by atoms with Crippen LogP contribution in [-0.4, -0.2) is 26.7 Å². The molecule has 0 aliphatic rings. The van der Waals surface area contributed by atoms with Crippen molar-refractivity contribution < 1.29 is 4.79 Å². The van der Waals surface area contributed by atoms with Crippen molar-refractivity contribution in [2.24, 2.45) is 0 Å². The van der Waals surface area contributed by atoms with Gasteiger partial charge in [0, 0.05) is 0 Å². The van der Waals surface area contributed by atoms with Crippen LogP contribution in [-0.2, 0) is 0 Å². The van der Waals surface area contributed by atoms with Crippen LogP contribution < -0.4 is 0 Å². The van der Waals surface area contributed by atoms with Crippen LogP contribution in [0.4, 0.5) is 0 Å². The van der Waals surface area contributed by atoms with Gasteiger partial charge in [-0.2, -0.15) is 0 Å². The Hall–Kier alpha value is -1.36. The molecule has 0 aliphatic heterocycles. The van der Waals surface area contributed by atoms with E-state index in [-0.39, 0.29) is 26.7 Å². The van der Waals surface area contributed by atoms with Crippen molar-refractivity contribution in [2.45, 2.75) is 24.2 Å². The molecule has 2 heteroatoms. The molecular weight excluding hydrogens is 372 g/mol. The van der Waals surface area contributed by atoms with E-state index in [1.54, 1.807) is 0 Å². The first kappa shape index (κ1) is 16.0. The summed E-state index contributed by atoms with van der Waals surface area (Å²) in [6.07, 6.45) is 4.34. The molecule has 2 rings (SSSR count). The Morgan fingerprint density at radius 3 is 2.10 bits per heavy atom. The Labute approximate surface area is 137 Å². The first-order valence-electron chi connectivity index (χ1n) is 7.30. The quantitative estimate of drug-likeness (QED) is 0.286. The van der Waals surface area contributed by atoms with Crippen molar-refractivity contribution >= 4 is 30.3 Å². The number of carbonyl (C=O) groups excluding carboxylic acids is 1. The molecule has 0 N–H and O–H groups in total. The van der Waals surface area contributed by atoms with Gasteiger partial charge in [-0.15, -0.1) is 0 Å². The van der Waals surface area contributed by atoms with Gasteiger partial charge in [-0.3, -0.25) is 0 Å². The Bertz CT molecular complexity index is 587. The molecule has 2 aromatic rings. The first-order chi connectivity index (χ1) is 10.3. The second kappa shape index (κ2) is 8.82. The van der Waals surface area contributed by atoms with Crippen molar-refractivity contribution in [3.05, 3.63) is 77.9 Å². The van der Waals surface area contributed by atoms with E-state index in [1.165, 1.54) is 26.5 Å². The van der Waals surface area contributed by atoms with Crippen LogP contribution >= 0.6 is 0 Å².